The Bertz CT molecular complexity index is 1750. The number of alkyl carbamates (subject to hydrolysis) is 1. The number of carbonyl (C=O) groups is 4. The molecule has 250 valence electrons. The van der Waals surface area contributed by atoms with Crippen molar-refractivity contribution in [2.75, 3.05) is 27.9 Å². The monoisotopic (exact) mass is 654 g/mol. The first kappa shape index (κ1) is 33.7. The highest BCUT2D eigenvalue weighted by molar-refractivity contribution is 6.01. The number of nitrogens with zero attached hydrogens (tertiary/aromatic N) is 2. The summed E-state index contributed by atoms with van der Waals surface area (Å²) in [6, 6.07) is 18.6. The van der Waals surface area contributed by atoms with Crippen molar-refractivity contribution in [3.63, 3.8) is 0 Å². The van der Waals surface area contributed by atoms with Crippen LogP contribution in [0, 0.1) is 5.92 Å². The number of nitrogens with one attached hydrogen (secondary N) is 2. The Morgan fingerprint density at radius 1 is 0.833 bits per heavy atom. The van der Waals surface area contributed by atoms with Gasteiger partial charge in [-0.05, 0) is 40.3 Å². The summed E-state index contributed by atoms with van der Waals surface area (Å²) in [5.41, 5.74) is 4.67. The van der Waals surface area contributed by atoms with Crippen LogP contribution in [0.4, 0.5) is 4.79 Å². The molecule has 2 atom stereocenters. The fourth-order valence-corrected chi connectivity index (χ4v) is 5.92. The predicted octanol–water partition coefficient (Wildman–Crippen LogP) is 4.35. The lowest BCUT2D eigenvalue weighted by molar-refractivity contribution is -0.146. The van der Waals surface area contributed by atoms with E-state index in [4.69, 9.17) is 18.9 Å². The molecule has 12 heteroatoms. The van der Waals surface area contributed by atoms with Gasteiger partial charge >= 0.3 is 12.1 Å². The SMILES string of the molecule is COC(=O)[C@@H](NC(=O)[C@@H](Cc1cncn1C(=O)c1c(OC)cccc1OC)NC(=O)OCC1c2ccccc2-c2ccccc21)C(C)C. The predicted molar refractivity (Wildman–Crippen MR) is 176 cm³/mol. The van der Waals surface area contributed by atoms with Crippen LogP contribution in [0.15, 0.2) is 79.3 Å². The maximum absolute atomic E-state index is 13.8. The number of ether oxygens (including phenoxy) is 4. The number of amides is 2. The molecule has 1 aliphatic carbocycles. The molecule has 12 nitrogen and oxygen atoms in total. The van der Waals surface area contributed by atoms with Crippen LogP contribution in [0.1, 0.15) is 46.9 Å². The van der Waals surface area contributed by atoms with Crippen LogP contribution in [0.5, 0.6) is 11.5 Å². The molecule has 0 saturated heterocycles. The highest BCUT2D eigenvalue weighted by atomic mass is 16.5. The molecule has 1 heterocycles. The van der Waals surface area contributed by atoms with Crippen molar-refractivity contribution < 1.29 is 38.1 Å². The van der Waals surface area contributed by atoms with E-state index < -0.39 is 36.0 Å². The smallest absolute Gasteiger partial charge is 0.407 e. The standard InChI is InChI=1S/C36H38N4O8/c1-21(2)32(35(43)47-5)39-33(41)28(17-22-18-37-20-40(22)34(42)31-29(45-3)15-10-16-30(31)46-4)38-36(44)48-19-27-25-13-8-6-11-23(25)24-12-7-9-14-26(24)27/h6-16,18,20-21,27-28,32H,17,19H2,1-5H3,(H,38,44)(H,39,41)/t28-,32+/m1/s1. The van der Waals surface area contributed by atoms with Crippen LogP contribution in [0.25, 0.3) is 11.1 Å². The lowest BCUT2D eigenvalue weighted by atomic mass is 9.98. The lowest BCUT2D eigenvalue weighted by Gasteiger charge is -2.24. The first-order valence-corrected chi connectivity index (χ1v) is 15.4. The first-order chi connectivity index (χ1) is 23.2. The lowest BCUT2D eigenvalue weighted by Crippen LogP contribution is -2.54. The van der Waals surface area contributed by atoms with Crippen LogP contribution in [0.3, 0.4) is 0 Å². The van der Waals surface area contributed by atoms with E-state index >= 15 is 0 Å². The summed E-state index contributed by atoms with van der Waals surface area (Å²) in [5, 5.41) is 5.34. The van der Waals surface area contributed by atoms with Crippen LogP contribution in [-0.4, -0.2) is 73.4 Å². The number of benzene rings is 3. The van der Waals surface area contributed by atoms with Gasteiger partial charge < -0.3 is 29.6 Å². The number of fused-ring (bicyclic) bond motifs is 3. The van der Waals surface area contributed by atoms with Gasteiger partial charge in [-0.2, -0.15) is 0 Å². The number of rotatable bonds is 12. The summed E-state index contributed by atoms with van der Waals surface area (Å²) >= 11 is 0. The minimum Gasteiger partial charge on any atom is -0.496 e. The van der Waals surface area contributed by atoms with Gasteiger partial charge in [0, 0.05) is 24.2 Å². The minimum atomic E-state index is -1.27. The number of aromatic nitrogens is 2. The third-order valence-electron chi connectivity index (χ3n) is 8.36. The molecule has 0 unspecified atom stereocenters. The average Bonchev–Trinajstić information content (AvgIpc) is 3.70. The third-order valence-corrected chi connectivity index (χ3v) is 8.36. The third kappa shape index (κ3) is 6.87. The molecule has 1 aliphatic rings. The van der Waals surface area contributed by atoms with E-state index in [1.54, 1.807) is 32.0 Å². The number of hydrogen-bond donors (Lipinski definition) is 2. The van der Waals surface area contributed by atoms with Crippen LogP contribution in [-0.2, 0) is 25.5 Å². The van der Waals surface area contributed by atoms with Gasteiger partial charge in [-0.1, -0.05) is 68.4 Å². The molecule has 3 aromatic carbocycles. The second-order valence-corrected chi connectivity index (χ2v) is 11.6. The van der Waals surface area contributed by atoms with Gasteiger partial charge in [-0.25, -0.2) is 14.6 Å². The van der Waals surface area contributed by atoms with Crippen molar-refractivity contribution in [2.24, 2.45) is 5.92 Å². The van der Waals surface area contributed by atoms with Crippen molar-refractivity contribution in [3.8, 4) is 22.6 Å². The first-order valence-electron chi connectivity index (χ1n) is 15.4. The Hall–Kier alpha value is -5.65. The molecule has 2 N–H and O–H groups in total. The van der Waals surface area contributed by atoms with Crippen molar-refractivity contribution in [1.82, 2.24) is 20.2 Å². The molecule has 2 amide bonds. The van der Waals surface area contributed by atoms with Crippen molar-refractivity contribution in [3.05, 3.63) is 102 Å². The topological polar surface area (TPSA) is 147 Å². The minimum absolute atomic E-state index is 0.0228. The molecule has 0 radical (unpaired) electrons. The zero-order chi connectivity index (χ0) is 34.4. The molecular weight excluding hydrogens is 616 g/mol. The average molecular weight is 655 g/mol. The molecule has 1 aromatic heterocycles. The zero-order valence-corrected chi connectivity index (χ0v) is 27.4. The molecule has 4 aromatic rings. The summed E-state index contributed by atoms with van der Waals surface area (Å²) in [6.45, 7) is 3.53. The second kappa shape index (κ2) is 14.8. The number of carbonyl (C=O) groups excluding carboxylic acids is 4. The summed E-state index contributed by atoms with van der Waals surface area (Å²) in [7, 11) is 4.10. The van der Waals surface area contributed by atoms with E-state index in [2.05, 4.69) is 15.6 Å². The summed E-state index contributed by atoms with van der Waals surface area (Å²) in [6.07, 6.45) is 1.70. The van der Waals surface area contributed by atoms with E-state index in [0.717, 1.165) is 22.3 Å². The number of methoxy groups -OCH3 is 3. The van der Waals surface area contributed by atoms with Crippen LogP contribution >= 0.6 is 0 Å². The highest BCUT2D eigenvalue weighted by Crippen LogP contribution is 2.44. The number of hydrogen-bond acceptors (Lipinski definition) is 9. The molecule has 0 bridgehead atoms. The molecule has 0 saturated carbocycles. The van der Waals surface area contributed by atoms with Gasteiger partial charge in [-0.15, -0.1) is 0 Å². The highest BCUT2D eigenvalue weighted by Gasteiger charge is 2.33. The summed E-state index contributed by atoms with van der Waals surface area (Å²) in [5.74, 6) is -1.79. The van der Waals surface area contributed by atoms with Gasteiger partial charge in [0.25, 0.3) is 5.91 Å². The Balaban J connectivity index is 1.40. The molecule has 5 rings (SSSR count). The van der Waals surface area contributed by atoms with Crippen molar-refractivity contribution in [2.45, 2.75) is 38.3 Å². The van der Waals surface area contributed by atoms with E-state index in [-0.39, 0.29) is 41.9 Å². The Kier molecular flexibility index (Phi) is 10.4. The molecule has 0 fully saturated rings. The van der Waals surface area contributed by atoms with E-state index in [9.17, 15) is 19.2 Å². The van der Waals surface area contributed by atoms with Gasteiger partial charge in [-0.3, -0.25) is 14.2 Å². The van der Waals surface area contributed by atoms with Gasteiger partial charge in [0.05, 0.1) is 21.3 Å². The van der Waals surface area contributed by atoms with E-state index in [1.165, 1.54) is 38.4 Å². The van der Waals surface area contributed by atoms with Crippen LogP contribution < -0.4 is 20.1 Å². The van der Waals surface area contributed by atoms with Gasteiger partial charge in [0.15, 0.2) is 0 Å². The Labute approximate surface area is 278 Å². The van der Waals surface area contributed by atoms with Crippen molar-refractivity contribution in [1.29, 1.82) is 0 Å². The molecule has 48 heavy (non-hydrogen) atoms. The van der Waals surface area contributed by atoms with Crippen molar-refractivity contribution >= 4 is 23.9 Å². The fraction of sp³-hybridized carbons (Fsp3) is 0.306. The van der Waals surface area contributed by atoms with Gasteiger partial charge in [0.2, 0.25) is 5.91 Å². The van der Waals surface area contributed by atoms with E-state index in [1.807, 2.05) is 48.5 Å². The maximum atomic E-state index is 13.8. The van der Waals surface area contributed by atoms with Gasteiger partial charge in [0.1, 0.15) is 42.1 Å². The normalized spacial score (nSPS) is 13.1. The van der Waals surface area contributed by atoms with Crippen LogP contribution in [0.2, 0.25) is 0 Å². The molecule has 0 spiro atoms. The van der Waals surface area contributed by atoms with E-state index in [0.29, 0.717) is 5.69 Å². The second-order valence-electron chi connectivity index (χ2n) is 11.6. The summed E-state index contributed by atoms with van der Waals surface area (Å²) < 4.78 is 22.7. The Morgan fingerprint density at radius 2 is 1.44 bits per heavy atom. The summed E-state index contributed by atoms with van der Waals surface area (Å²) in [4.78, 5) is 57.5. The molecular formula is C36H38N4O8. The maximum Gasteiger partial charge on any atom is 0.407 e. The number of esters is 1. The number of imidazole rings is 1. The quantitative estimate of drug-likeness (QED) is 0.213. The fourth-order valence-electron chi connectivity index (χ4n) is 5.92. The molecule has 0 aliphatic heterocycles. The Morgan fingerprint density at radius 3 is 2.00 bits per heavy atom. The zero-order valence-electron chi connectivity index (χ0n) is 27.4. The largest absolute Gasteiger partial charge is 0.496 e.